The molecular formula is C20H35IN4O2. The molecule has 0 saturated heterocycles. The Balaban J connectivity index is 0.00000676. The largest absolute Gasteiger partial charge is 0.497 e. The van der Waals surface area contributed by atoms with Gasteiger partial charge >= 0.3 is 0 Å². The van der Waals surface area contributed by atoms with Gasteiger partial charge in [-0.2, -0.15) is 0 Å². The van der Waals surface area contributed by atoms with Crippen LogP contribution in [0.15, 0.2) is 29.3 Å². The Bertz CT molecular complexity index is 576. The van der Waals surface area contributed by atoms with Gasteiger partial charge in [0.05, 0.1) is 7.11 Å². The van der Waals surface area contributed by atoms with Crippen LogP contribution in [0.3, 0.4) is 0 Å². The minimum Gasteiger partial charge on any atom is -0.497 e. The van der Waals surface area contributed by atoms with Crippen molar-refractivity contribution in [3.63, 3.8) is 0 Å². The SMILES string of the molecule is CCC(C)NC(=NCC(=O)N(C)C)NCCC(C)c1ccc(OC)cc1.I. The van der Waals surface area contributed by atoms with Crippen LogP contribution in [-0.4, -0.2) is 57.1 Å². The number of aliphatic imine (C=N–C) groups is 1. The summed E-state index contributed by atoms with van der Waals surface area (Å²) in [6, 6.07) is 8.49. The number of amides is 1. The van der Waals surface area contributed by atoms with Crippen molar-refractivity contribution in [1.29, 1.82) is 0 Å². The van der Waals surface area contributed by atoms with Gasteiger partial charge in [0.25, 0.3) is 0 Å². The average molecular weight is 490 g/mol. The van der Waals surface area contributed by atoms with E-state index in [1.165, 1.54) is 5.56 Å². The van der Waals surface area contributed by atoms with Gasteiger partial charge in [-0.15, -0.1) is 24.0 Å². The smallest absolute Gasteiger partial charge is 0.243 e. The lowest BCUT2D eigenvalue weighted by Crippen LogP contribution is -2.43. The molecule has 2 N–H and O–H groups in total. The molecule has 6 nitrogen and oxygen atoms in total. The van der Waals surface area contributed by atoms with Crippen LogP contribution >= 0.6 is 24.0 Å². The summed E-state index contributed by atoms with van der Waals surface area (Å²) in [6.07, 6.45) is 1.96. The number of likely N-dealkylation sites (N-methyl/N-ethyl adjacent to an activating group) is 1. The number of halogens is 1. The fourth-order valence-corrected chi connectivity index (χ4v) is 2.28. The molecule has 0 aromatic heterocycles. The van der Waals surface area contributed by atoms with E-state index in [1.54, 1.807) is 26.1 Å². The number of carbonyl (C=O) groups excluding carboxylic acids is 1. The minimum absolute atomic E-state index is 0. The Kier molecular flexibility index (Phi) is 12.9. The number of carbonyl (C=O) groups is 1. The van der Waals surface area contributed by atoms with Gasteiger partial charge in [-0.25, -0.2) is 4.99 Å². The van der Waals surface area contributed by atoms with Crippen molar-refractivity contribution in [3.05, 3.63) is 29.8 Å². The number of guanidine groups is 1. The van der Waals surface area contributed by atoms with Gasteiger partial charge in [-0.3, -0.25) is 4.79 Å². The van der Waals surface area contributed by atoms with Crippen LogP contribution in [0.25, 0.3) is 0 Å². The summed E-state index contributed by atoms with van der Waals surface area (Å²) in [5.41, 5.74) is 1.28. The number of methoxy groups -OCH3 is 1. The van der Waals surface area contributed by atoms with Gasteiger partial charge in [0.15, 0.2) is 5.96 Å². The summed E-state index contributed by atoms with van der Waals surface area (Å²) in [7, 11) is 5.15. The summed E-state index contributed by atoms with van der Waals surface area (Å²) in [4.78, 5) is 17.7. The maximum atomic E-state index is 11.8. The van der Waals surface area contributed by atoms with Crippen molar-refractivity contribution in [2.24, 2.45) is 4.99 Å². The molecule has 0 fully saturated rings. The van der Waals surface area contributed by atoms with Crippen molar-refractivity contribution < 1.29 is 9.53 Å². The molecule has 0 spiro atoms. The van der Waals surface area contributed by atoms with Crippen LogP contribution in [0.4, 0.5) is 0 Å². The van der Waals surface area contributed by atoms with Gasteiger partial charge in [0, 0.05) is 26.7 Å². The summed E-state index contributed by atoms with van der Waals surface area (Å²) < 4.78 is 5.20. The third-order valence-corrected chi connectivity index (χ3v) is 4.42. The van der Waals surface area contributed by atoms with Crippen molar-refractivity contribution in [2.75, 3.05) is 34.3 Å². The molecule has 2 atom stereocenters. The lowest BCUT2D eigenvalue weighted by Gasteiger charge is -2.19. The Morgan fingerprint density at radius 2 is 1.85 bits per heavy atom. The maximum Gasteiger partial charge on any atom is 0.243 e. The van der Waals surface area contributed by atoms with Crippen LogP contribution in [0, 0.1) is 0 Å². The molecular weight excluding hydrogens is 455 g/mol. The van der Waals surface area contributed by atoms with Gasteiger partial charge in [-0.1, -0.05) is 26.0 Å². The molecule has 0 radical (unpaired) electrons. The van der Waals surface area contributed by atoms with Crippen molar-refractivity contribution >= 4 is 35.8 Å². The number of nitrogens with zero attached hydrogens (tertiary/aromatic N) is 2. The van der Waals surface area contributed by atoms with E-state index in [-0.39, 0.29) is 36.4 Å². The molecule has 0 aliphatic rings. The molecule has 0 aliphatic heterocycles. The first-order valence-corrected chi connectivity index (χ1v) is 9.26. The predicted molar refractivity (Wildman–Crippen MR) is 123 cm³/mol. The highest BCUT2D eigenvalue weighted by atomic mass is 127. The summed E-state index contributed by atoms with van der Waals surface area (Å²) in [6.45, 7) is 7.35. The van der Waals surface area contributed by atoms with Crippen LogP contribution in [0.5, 0.6) is 5.75 Å². The fraction of sp³-hybridized carbons (Fsp3) is 0.600. The van der Waals surface area contributed by atoms with Gasteiger partial charge in [0.1, 0.15) is 12.3 Å². The second kappa shape index (κ2) is 13.6. The van der Waals surface area contributed by atoms with Gasteiger partial charge in [0.2, 0.25) is 5.91 Å². The Hall–Kier alpha value is -1.51. The average Bonchev–Trinajstić information content (AvgIpc) is 2.65. The minimum atomic E-state index is -0.0122. The molecule has 0 heterocycles. The first kappa shape index (κ1) is 25.5. The topological polar surface area (TPSA) is 66.0 Å². The van der Waals surface area contributed by atoms with Crippen LogP contribution in [-0.2, 0) is 4.79 Å². The van der Waals surface area contributed by atoms with Gasteiger partial charge < -0.3 is 20.3 Å². The maximum absolute atomic E-state index is 11.8. The molecule has 7 heteroatoms. The zero-order valence-corrected chi connectivity index (χ0v) is 19.7. The molecule has 0 aliphatic carbocycles. The van der Waals surface area contributed by atoms with E-state index in [0.717, 1.165) is 25.1 Å². The van der Waals surface area contributed by atoms with E-state index in [1.807, 2.05) is 12.1 Å². The lowest BCUT2D eigenvalue weighted by atomic mass is 9.98. The monoisotopic (exact) mass is 490 g/mol. The number of hydrogen-bond donors (Lipinski definition) is 2. The molecule has 154 valence electrons. The van der Waals surface area contributed by atoms with Crippen LogP contribution < -0.4 is 15.4 Å². The van der Waals surface area contributed by atoms with Crippen molar-refractivity contribution in [3.8, 4) is 5.75 Å². The summed E-state index contributed by atoms with van der Waals surface area (Å²) in [5, 5.41) is 6.69. The summed E-state index contributed by atoms with van der Waals surface area (Å²) in [5.74, 6) is 1.97. The quantitative estimate of drug-likeness (QED) is 0.317. The number of rotatable bonds is 9. The Labute approximate surface area is 181 Å². The van der Waals surface area contributed by atoms with Gasteiger partial charge in [-0.05, 0) is 43.4 Å². The summed E-state index contributed by atoms with van der Waals surface area (Å²) >= 11 is 0. The second-order valence-electron chi connectivity index (χ2n) is 6.80. The number of nitrogens with one attached hydrogen (secondary N) is 2. The molecule has 1 aromatic rings. The highest BCUT2D eigenvalue weighted by Gasteiger charge is 2.09. The molecule has 2 unspecified atom stereocenters. The molecule has 1 aromatic carbocycles. The zero-order valence-electron chi connectivity index (χ0n) is 17.4. The van der Waals surface area contributed by atoms with Crippen LogP contribution in [0.1, 0.15) is 45.1 Å². The molecule has 1 rings (SSSR count). The number of hydrogen-bond acceptors (Lipinski definition) is 3. The van der Waals surface area contributed by atoms with E-state index >= 15 is 0 Å². The van der Waals surface area contributed by atoms with E-state index in [9.17, 15) is 4.79 Å². The van der Waals surface area contributed by atoms with E-state index in [2.05, 4.69) is 48.5 Å². The molecule has 0 bridgehead atoms. The van der Waals surface area contributed by atoms with E-state index in [4.69, 9.17) is 4.74 Å². The van der Waals surface area contributed by atoms with Crippen LogP contribution in [0.2, 0.25) is 0 Å². The predicted octanol–water partition coefficient (Wildman–Crippen LogP) is 3.23. The molecule has 27 heavy (non-hydrogen) atoms. The number of ether oxygens (including phenoxy) is 1. The normalized spacial score (nSPS) is 13.2. The van der Waals surface area contributed by atoms with Crippen molar-refractivity contribution in [1.82, 2.24) is 15.5 Å². The zero-order chi connectivity index (χ0) is 19.5. The van der Waals surface area contributed by atoms with Crippen molar-refractivity contribution in [2.45, 2.75) is 45.6 Å². The highest BCUT2D eigenvalue weighted by molar-refractivity contribution is 14.0. The Morgan fingerprint density at radius 3 is 2.37 bits per heavy atom. The first-order valence-electron chi connectivity index (χ1n) is 9.26. The molecule has 0 saturated carbocycles. The second-order valence-corrected chi connectivity index (χ2v) is 6.80. The third-order valence-electron chi connectivity index (χ3n) is 4.42. The highest BCUT2D eigenvalue weighted by Crippen LogP contribution is 2.21. The third kappa shape index (κ3) is 9.83. The first-order chi connectivity index (χ1) is 12.4. The Morgan fingerprint density at radius 1 is 1.22 bits per heavy atom. The lowest BCUT2D eigenvalue weighted by molar-refractivity contribution is -0.127. The molecule has 1 amide bonds. The number of benzene rings is 1. The fourth-order valence-electron chi connectivity index (χ4n) is 2.28. The van der Waals surface area contributed by atoms with E-state index < -0.39 is 0 Å². The standard InChI is InChI=1S/C20H34N4O2.HI/c1-7-16(3)23-20(22-14-19(25)24(4)5)21-13-12-15(2)17-8-10-18(26-6)11-9-17;/h8-11,15-16H,7,12-14H2,1-6H3,(H2,21,22,23);1H. The van der Waals surface area contributed by atoms with E-state index in [0.29, 0.717) is 17.9 Å².